The minimum atomic E-state index is 0.510. The molecule has 0 saturated carbocycles. The molecule has 0 bridgehead atoms. The number of nitrogens with one attached hydrogen (secondary N) is 1. The van der Waals surface area contributed by atoms with Crippen molar-refractivity contribution in [3.63, 3.8) is 0 Å². The van der Waals surface area contributed by atoms with E-state index < -0.39 is 0 Å². The number of para-hydroxylation sites is 1. The van der Waals surface area contributed by atoms with E-state index in [1.807, 2.05) is 24.3 Å². The maximum absolute atomic E-state index is 6.25. The molecule has 0 aliphatic carbocycles. The van der Waals surface area contributed by atoms with Crippen LogP contribution in [0.2, 0.25) is 5.15 Å². The van der Waals surface area contributed by atoms with Crippen LogP contribution >= 0.6 is 34.3 Å². The number of rotatable bonds is 4. The van der Waals surface area contributed by atoms with Crippen molar-refractivity contribution in [3.05, 3.63) is 34.3 Å². The molecule has 1 aliphatic heterocycles. The number of nitrogens with zero attached hydrogens (tertiary/aromatic N) is 4. The number of benzene rings is 1. The van der Waals surface area contributed by atoms with Crippen molar-refractivity contribution in [1.82, 2.24) is 9.97 Å². The molecule has 4 rings (SSSR count). The summed E-state index contributed by atoms with van der Waals surface area (Å²) in [5.41, 5.74) is 3.96. The first-order chi connectivity index (χ1) is 11.8. The number of hydrazone groups is 1. The van der Waals surface area contributed by atoms with Gasteiger partial charge in [-0.15, -0.1) is 0 Å². The highest BCUT2D eigenvalue weighted by Gasteiger charge is 2.16. The Labute approximate surface area is 153 Å². The van der Waals surface area contributed by atoms with Gasteiger partial charge in [-0.3, -0.25) is 5.43 Å². The molecular weight excluding hydrogens is 362 g/mol. The van der Waals surface area contributed by atoms with Crippen molar-refractivity contribution in [2.75, 3.05) is 23.4 Å². The summed E-state index contributed by atoms with van der Waals surface area (Å²) in [7, 11) is 0. The molecule has 2 aromatic heterocycles. The van der Waals surface area contributed by atoms with Gasteiger partial charge in [0.05, 0.1) is 21.3 Å². The summed E-state index contributed by atoms with van der Waals surface area (Å²) in [6, 6.07) is 8.03. The molecule has 1 aliphatic rings. The van der Waals surface area contributed by atoms with Crippen LogP contribution in [0.3, 0.4) is 0 Å². The molecule has 1 N–H and O–H groups in total. The van der Waals surface area contributed by atoms with Gasteiger partial charge in [0.1, 0.15) is 0 Å². The van der Waals surface area contributed by atoms with E-state index in [-0.39, 0.29) is 0 Å². The smallest absolute Gasteiger partial charge is 0.204 e. The zero-order valence-electron chi connectivity index (χ0n) is 12.9. The molecule has 0 radical (unpaired) electrons. The minimum Gasteiger partial charge on any atom is -0.348 e. The fourth-order valence-corrected chi connectivity index (χ4v) is 4.66. The largest absolute Gasteiger partial charge is 0.348 e. The van der Waals surface area contributed by atoms with Crippen molar-refractivity contribution in [3.8, 4) is 0 Å². The normalized spacial score (nSPS) is 15.5. The highest BCUT2D eigenvalue weighted by Crippen LogP contribution is 2.30. The Kier molecular flexibility index (Phi) is 4.64. The first kappa shape index (κ1) is 15.8. The Morgan fingerprint density at radius 3 is 2.79 bits per heavy atom. The number of halogens is 1. The molecule has 3 heterocycles. The van der Waals surface area contributed by atoms with Crippen LogP contribution in [-0.2, 0) is 0 Å². The third-order valence-corrected chi connectivity index (χ3v) is 6.25. The zero-order valence-corrected chi connectivity index (χ0v) is 15.3. The van der Waals surface area contributed by atoms with E-state index in [0.29, 0.717) is 5.15 Å². The summed E-state index contributed by atoms with van der Waals surface area (Å²) in [6.45, 7) is 2.12. The van der Waals surface area contributed by atoms with E-state index in [9.17, 15) is 0 Å². The predicted octanol–water partition coefficient (Wildman–Crippen LogP) is 4.84. The SMILES string of the molecule is Clc1nc(N2CCCCC2)sc1/C=N\Nc1nc2ccccc2s1. The number of aromatic nitrogens is 2. The van der Waals surface area contributed by atoms with Crippen LogP contribution in [0.5, 0.6) is 0 Å². The lowest BCUT2D eigenvalue weighted by atomic mass is 10.1. The number of thiazole rings is 2. The molecule has 8 heteroatoms. The summed E-state index contributed by atoms with van der Waals surface area (Å²) in [5.74, 6) is 0. The van der Waals surface area contributed by atoms with Gasteiger partial charge in [0.25, 0.3) is 0 Å². The predicted molar refractivity (Wildman–Crippen MR) is 104 cm³/mol. The maximum Gasteiger partial charge on any atom is 0.204 e. The van der Waals surface area contributed by atoms with Crippen LogP contribution < -0.4 is 10.3 Å². The molecule has 24 heavy (non-hydrogen) atoms. The monoisotopic (exact) mass is 377 g/mol. The molecule has 0 unspecified atom stereocenters. The van der Waals surface area contributed by atoms with Gasteiger partial charge in [-0.25, -0.2) is 9.97 Å². The second kappa shape index (κ2) is 7.04. The molecule has 1 fully saturated rings. The van der Waals surface area contributed by atoms with Crippen LogP contribution in [-0.4, -0.2) is 29.3 Å². The summed E-state index contributed by atoms with van der Waals surface area (Å²) >= 11 is 9.41. The molecular formula is C16H16ClN5S2. The second-order valence-corrected chi connectivity index (χ2v) is 7.95. The number of hydrogen-bond donors (Lipinski definition) is 1. The fraction of sp³-hybridized carbons (Fsp3) is 0.312. The van der Waals surface area contributed by atoms with Crippen LogP contribution in [0.4, 0.5) is 10.3 Å². The van der Waals surface area contributed by atoms with Gasteiger partial charge in [0.15, 0.2) is 10.3 Å². The van der Waals surface area contributed by atoms with Crippen molar-refractivity contribution >= 4 is 61.0 Å². The third-order valence-electron chi connectivity index (χ3n) is 3.86. The highest BCUT2D eigenvalue weighted by molar-refractivity contribution is 7.22. The third kappa shape index (κ3) is 3.38. The number of hydrogen-bond acceptors (Lipinski definition) is 7. The molecule has 5 nitrogen and oxygen atoms in total. The lowest BCUT2D eigenvalue weighted by Crippen LogP contribution is -2.29. The van der Waals surface area contributed by atoms with E-state index >= 15 is 0 Å². The van der Waals surface area contributed by atoms with Crippen molar-refractivity contribution in [2.45, 2.75) is 19.3 Å². The molecule has 1 aromatic carbocycles. The average molecular weight is 378 g/mol. The quantitative estimate of drug-likeness (QED) is 0.522. The van der Waals surface area contributed by atoms with Gasteiger partial charge in [0.2, 0.25) is 5.13 Å². The number of anilines is 2. The molecule has 0 atom stereocenters. The standard InChI is InChI=1S/C16H16ClN5S2/c17-14-13(24-16(20-14)22-8-4-1-5-9-22)10-18-21-15-19-11-6-2-3-7-12(11)23-15/h2-3,6-7,10H,1,4-5,8-9H2,(H,19,21)/b18-10-. The Morgan fingerprint density at radius 1 is 1.12 bits per heavy atom. The summed E-state index contributed by atoms with van der Waals surface area (Å²) in [6.07, 6.45) is 5.47. The number of fused-ring (bicyclic) bond motifs is 1. The van der Waals surface area contributed by atoms with Crippen LogP contribution in [0.1, 0.15) is 24.1 Å². The molecule has 3 aromatic rings. The minimum absolute atomic E-state index is 0.510. The molecule has 0 spiro atoms. The summed E-state index contributed by atoms with van der Waals surface area (Å²) in [5, 5.41) is 6.53. The topological polar surface area (TPSA) is 53.4 Å². The lowest BCUT2D eigenvalue weighted by molar-refractivity contribution is 0.577. The first-order valence-corrected chi connectivity index (χ1v) is 9.86. The Morgan fingerprint density at radius 2 is 1.96 bits per heavy atom. The average Bonchev–Trinajstić information content (AvgIpc) is 3.19. The summed E-state index contributed by atoms with van der Waals surface area (Å²) < 4.78 is 1.14. The van der Waals surface area contributed by atoms with Gasteiger partial charge >= 0.3 is 0 Å². The second-order valence-electron chi connectivity index (χ2n) is 5.56. The van der Waals surface area contributed by atoms with Crippen LogP contribution in [0.25, 0.3) is 10.2 Å². The lowest BCUT2D eigenvalue weighted by Gasteiger charge is -2.25. The van der Waals surface area contributed by atoms with Gasteiger partial charge in [-0.1, -0.05) is 46.4 Å². The molecule has 124 valence electrons. The van der Waals surface area contributed by atoms with E-state index in [1.54, 1.807) is 28.9 Å². The Bertz CT molecular complexity index is 833. The van der Waals surface area contributed by atoms with E-state index in [4.69, 9.17) is 11.6 Å². The van der Waals surface area contributed by atoms with Crippen LogP contribution in [0.15, 0.2) is 29.4 Å². The van der Waals surface area contributed by atoms with Gasteiger partial charge in [-0.05, 0) is 31.4 Å². The van der Waals surface area contributed by atoms with Gasteiger partial charge in [0, 0.05) is 13.1 Å². The fourth-order valence-electron chi connectivity index (χ4n) is 2.67. The van der Waals surface area contributed by atoms with E-state index in [1.165, 1.54) is 19.3 Å². The maximum atomic E-state index is 6.25. The zero-order chi connectivity index (χ0) is 16.4. The van der Waals surface area contributed by atoms with E-state index in [0.717, 1.165) is 38.4 Å². The Balaban J connectivity index is 1.46. The first-order valence-electron chi connectivity index (χ1n) is 7.85. The highest BCUT2D eigenvalue weighted by atomic mass is 35.5. The van der Waals surface area contributed by atoms with E-state index in [2.05, 4.69) is 25.4 Å². The molecule has 0 amide bonds. The Hall–Kier alpha value is -1.70. The van der Waals surface area contributed by atoms with Crippen molar-refractivity contribution in [2.24, 2.45) is 5.10 Å². The molecule has 1 saturated heterocycles. The van der Waals surface area contributed by atoms with Crippen molar-refractivity contribution < 1.29 is 0 Å². The van der Waals surface area contributed by atoms with Crippen molar-refractivity contribution in [1.29, 1.82) is 0 Å². The number of piperidine rings is 1. The van der Waals surface area contributed by atoms with Gasteiger partial charge in [-0.2, -0.15) is 5.10 Å². The summed E-state index contributed by atoms with van der Waals surface area (Å²) in [4.78, 5) is 12.1. The van der Waals surface area contributed by atoms with Gasteiger partial charge < -0.3 is 4.90 Å². The van der Waals surface area contributed by atoms with Crippen LogP contribution in [0, 0.1) is 0 Å².